The van der Waals surface area contributed by atoms with Crippen LogP contribution in [-0.2, 0) is 24.2 Å². The summed E-state index contributed by atoms with van der Waals surface area (Å²) >= 11 is 6.15. The van der Waals surface area contributed by atoms with Gasteiger partial charge in [-0.2, -0.15) is 0 Å². The van der Waals surface area contributed by atoms with Gasteiger partial charge in [0.25, 0.3) is 5.56 Å². The lowest BCUT2D eigenvalue weighted by atomic mass is 10.1. The van der Waals surface area contributed by atoms with E-state index in [-0.39, 0.29) is 31.0 Å². The molecule has 1 N–H and O–H groups in total. The number of halogens is 1. The van der Waals surface area contributed by atoms with Gasteiger partial charge >= 0.3 is 0 Å². The number of carbonyl (C=O) groups is 1. The first-order valence-electron chi connectivity index (χ1n) is 9.85. The predicted octanol–water partition coefficient (Wildman–Crippen LogP) is 3.00. The maximum Gasteiger partial charge on any atom is 0.257 e. The highest BCUT2D eigenvalue weighted by Gasteiger charge is 2.26. The number of benzene rings is 2. The van der Waals surface area contributed by atoms with Gasteiger partial charge in [-0.05, 0) is 37.1 Å². The largest absolute Gasteiger partial charge is 0.396 e. The average molecular weight is 424 g/mol. The first-order chi connectivity index (χ1) is 14.5. The van der Waals surface area contributed by atoms with Crippen molar-refractivity contribution in [2.75, 3.05) is 18.1 Å². The minimum Gasteiger partial charge on any atom is -0.396 e. The fourth-order valence-corrected chi connectivity index (χ4v) is 4.10. The molecule has 0 saturated heterocycles. The van der Waals surface area contributed by atoms with Gasteiger partial charge in [0.2, 0.25) is 5.91 Å². The van der Waals surface area contributed by atoms with Crippen LogP contribution in [0.15, 0.2) is 53.3 Å². The molecule has 7 heteroatoms. The molecule has 1 aliphatic heterocycles. The third-order valence-electron chi connectivity index (χ3n) is 5.40. The third kappa shape index (κ3) is 3.76. The highest BCUT2D eigenvalue weighted by Crippen LogP contribution is 2.28. The van der Waals surface area contributed by atoms with Crippen LogP contribution < -0.4 is 10.5 Å². The number of para-hydroxylation sites is 1. The number of nitrogens with zero attached hydrogens (tertiary/aromatic N) is 3. The Balaban J connectivity index is 1.79. The quantitative estimate of drug-likeness (QED) is 0.684. The Morgan fingerprint density at radius 3 is 2.77 bits per heavy atom. The van der Waals surface area contributed by atoms with Crippen LogP contribution in [0.1, 0.15) is 16.8 Å². The first-order valence-corrected chi connectivity index (χ1v) is 10.2. The Bertz CT molecular complexity index is 1170. The van der Waals surface area contributed by atoms with Crippen molar-refractivity contribution in [3.05, 3.63) is 80.7 Å². The van der Waals surface area contributed by atoms with Crippen molar-refractivity contribution in [3.8, 4) is 11.4 Å². The van der Waals surface area contributed by atoms with Gasteiger partial charge in [-0.15, -0.1) is 0 Å². The molecular formula is C23H22ClN3O3. The van der Waals surface area contributed by atoms with E-state index in [2.05, 4.69) is 4.98 Å². The van der Waals surface area contributed by atoms with Crippen molar-refractivity contribution in [3.63, 3.8) is 0 Å². The summed E-state index contributed by atoms with van der Waals surface area (Å²) in [6.07, 6.45) is 0.980. The molecule has 0 radical (unpaired) electrons. The van der Waals surface area contributed by atoms with Crippen LogP contribution in [0.3, 0.4) is 0 Å². The summed E-state index contributed by atoms with van der Waals surface area (Å²) in [5, 5.41) is 9.90. The van der Waals surface area contributed by atoms with Crippen molar-refractivity contribution in [2.24, 2.45) is 0 Å². The van der Waals surface area contributed by atoms with E-state index in [9.17, 15) is 14.7 Å². The van der Waals surface area contributed by atoms with Gasteiger partial charge in [0.05, 0.1) is 0 Å². The summed E-state index contributed by atoms with van der Waals surface area (Å²) in [7, 11) is 0. The van der Waals surface area contributed by atoms with Gasteiger partial charge in [-0.3, -0.25) is 14.2 Å². The normalized spacial score (nSPS) is 12.8. The standard InChI is InChI=1S/C23H22ClN3O3/c1-15-19(10-12-28)23(30)27(22(25-15)17-6-4-7-18(24)13-17)14-21(29)26-11-9-16-5-2-3-8-20(16)26/h2-8,13,28H,9-12,14H2,1H3. The highest BCUT2D eigenvalue weighted by atomic mass is 35.5. The third-order valence-corrected chi connectivity index (χ3v) is 5.63. The fraction of sp³-hybridized carbons (Fsp3) is 0.261. The van der Waals surface area contributed by atoms with Crippen LogP contribution in [0.4, 0.5) is 5.69 Å². The lowest BCUT2D eigenvalue weighted by Crippen LogP contribution is -2.38. The van der Waals surface area contributed by atoms with Gasteiger partial charge < -0.3 is 10.0 Å². The molecule has 0 saturated carbocycles. The summed E-state index contributed by atoms with van der Waals surface area (Å²) < 4.78 is 1.40. The molecule has 0 unspecified atom stereocenters. The molecule has 2 heterocycles. The molecule has 154 valence electrons. The molecule has 0 aliphatic carbocycles. The van der Waals surface area contributed by atoms with E-state index in [1.807, 2.05) is 30.3 Å². The van der Waals surface area contributed by atoms with Crippen LogP contribution in [0.25, 0.3) is 11.4 Å². The zero-order chi connectivity index (χ0) is 21.3. The Hall–Kier alpha value is -2.96. The van der Waals surface area contributed by atoms with E-state index in [1.54, 1.807) is 30.0 Å². The number of aliphatic hydroxyl groups excluding tert-OH is 1. The van der Waals surface area contributed by atoms with Crippen molar-refractivity contribution in [1.82, 2.24) is 9.55 Å². The maximum atomic E-state index is 13.3. The smallest absolute Gasteiger partial charge is 0.257 e. The number of rotatable bonds is 5. The van der Waals surface area contributed by atoms with E-state index in [4.69, 9.17) is 11.6 Å². The number of fused-ring (bicyclic) bond motifs is 1. The lowest BCUT2D eigenvalue weighted by Gasteiger charge is -2.20. The average Bonchev–Trinajstić information content (AvgIpc) is 3.17. The van der Waals surface area contributed by atoms with Gasteiger partial charge in [0, 0.05) is 47.1 Å². The summed E-state index contributed by atoms with van der Waals surface area (Å²) in [6.45, 7) is 2.02. The molecule has 30 heavy (non-hydrogen) atoms. The summed E-state index contributed by atoms with van der Waals surface area (Å²) in [4.78, 5) is 32.8. The van der Waals surface area contributed by atoms with Crippen LogP contribution in [-0.4, -0.2) is 33.7 Å². The second kappa shape index (κ2) is 8.42. The Morgan fingerprint density at radius 1 is 1.20 bits per heavy atom. The summed E-state index contributed by atoms with van der Waals surface area (Å²) in [5.41, 5.74) is 3.31. The predicted molar refractivity (Wildman–Crippen MR) is 117 cm³/mol. The molecule has 2 aromatic carbocycles. The number of aromatic nitrogens is 2. The van der Waals surface area contributed by atoms with E-state index >= 15 is 0 Å². The maximum absolute atomic E-state index is 13.3. The molecule has 1 aromatic heterocycles. The molecule has 6 nitrogen and oxygen atoms in total. The molecule has 1 aliphatic rings. The molecule has 0 spiro atoms. The van der Waals surface area contributed by atoms with Crippen molar-refractivity contribution in [2.45, 2.75) is 26.3 Å². The number of hydrogen-bond acceptors (Lipinski definition) is 4. The van der Waals surface area contributed by atoms with Crippen LogP contribution in [0.5, 0.6) is 0 Å². The minimum atomic E-state index is -0.313. The SMILES string of the molecule is Cc1nc(-c2cccc(Cl)c2)n(CC(=O)N2CCc3ccccc32)c(=O)c1CCO. The van der Waals surface area contributed by atoms with E-state index in [1.165, 1.54) is 4.57 Å². The Morgan fingerprint density at radius 2 is 2.00 bits per heavy atom. The topological polar surface area (TPSA) is 75.4 Å². The molecule has 4 rings (SSSR count). The van der Waals surface area contributed by atoms with Crippen LogP contribution >= 0.6 is 11.6 Å². The van der Waals surface area contributed by atoms with Crippen molar-refractivity contribution in [1.29, 1.82) is 0 Å². The van der Waals surface area contributed by atoms with Gasteiger partial charge in [0.1, 0.15) is 12.4 Å². The first kappa shape index (κ1) is 20.3. The summed E-state index contributed by atoms with van der Waals surface area (Å²) in [6, 6.07) is 14.9. The second-order valence-corrected chi connectivity index (χ2v) is 7.74. The number of aliphatic hydroxyl groups is 1. The minimum absolute atomic E-state index is 0.138. The van der Waals surface area contributed by atoms with E-state index in [0.29, 0.717) is 34.2 Å². The van der Waals surface area contributed by atoms with Crippen LogP contribution in [0, 0.1) is 6.92 Å². The number of aryl methyl sites for hydroxylation is 1. The zero-order valence-electron chi connectivity index (χ0n) is 16.6. The molecule has 0 bridgehead atoms. The highest BCUT2D eigenvalue weighted by molar-refractivity contribution is 6.30. The molecule has 0 fully saturated rings. The number of hydrogen-bond donors (Lipinski definition) is 1. The zero-order valence-corrected chi connectivity index (χ0v) is 17.4. The number of anilines is 1. The molecule has 0 atom stereocenters. The Kier molecular flexibility index (Phi) is 5.70. The second-order valence-electron chi connectivity index (χ2n) is 7.30. The van der Waals surface area contributed by atoms with Gasteiger partial charge in [-0.1, -0.05) is 41.9 Å². The van der Waals surface area contributed by atoms with Gasteiger partial charge in [0.15, 0.2) is 0 Å². The Labute approximate surface area is 179 Å². The fourth-order valence-electron chi connectivity index (χ4n) is 3.91. The van der Waals surface area contributed by atoms with Crippen molar-refractivity contribution >= 4 is 23.2 Å². The number of carbonyl (C=O) groups excluding carboxylic acids is 1. The molecule has 1 amide bonds. The van der Waals surface area contributed by atoms with E-state index < -0.39 is 0 Å². The molecular weight excluding hydrogens is 402 g/mol. The number of amides is 1. The summed E-state index contributed by atoms with van der Waals surface area (Å²) in [5.74, 6) is 0.216. The van der Waals surface area contributed by atoms with Crippen molar-refractivity contribution < 1.29 is 9.90 Å². The lowest BCUT2D eigenvalue weighted by molar-refractivity contribution is -0.119. The van der Waals surface area contributed by atoms with Gasteiger partial charge in [-0.25, -0.2) is 4.98 Å². The van der Waals surface area contributed by atoms with Crippen LogP contribution in [0.2, 0.25) is 5.02 Å². The van der Waals surface area contributed by atoms with E-state index in [0.717, 1.165) is 17.7 Å². The molecule has 3 aromatic rings. The monoisotopic (exact) mass is 423 g/mol.